The molecule has 2 fully saturated rings. The summed E-state index contributed by atoms with van der Waals surface area (Å²) in [7, 11) is 0. The van der Waals surface area contributed by atoms with Gasteiger partial charge in [-0.15, -0.1) is 12.4 Å². The Labute approximate surface area is 152 Å². The lowest BCUT2D eigenvalue weighted by molar-refractivity contribution is -0.117. The number of carbonyl (C=O) groups is 1. The molecule has 3 rings (SSSR count). The molecule has 0 saturated carbocycles. The summed E-state index contributed by atoms with van der Waals surface area (Å²) in [6.07, 6.45) is 1.25. The number of amides is 1. The summed E-state index contributed by atoms with van der Waals surface area (Å²) in [5, 5.41) is 6.39. The molecule has 2 saturated heterocycles. The van der Waals surface area contributed by atoms with Crippen molar-refractivity contribution in [1.29, 1.82) is 0 Å². The monoisotopic (exact) mass is 402 g/mol. The first kappa shape index (κ1) is 18.7. The zero-order chi connectivity index (χ0) is 15.4. The maximum Gasteiger partial charge on any atom is 0.238 e. The normalized spacial score (nSPS) is 22.6. The Morgan fingerprint density at radius 2 is 2.00 bits per heavy atom. The number of hydrogen-bond donors (Lipinski definition) is 2. The van der Waals surface area contributed by atoms with Crippen molar-refractivity contribution in [3.8, 4) is 0 Å². The third-order valence-electron chi connectivity index (χ3n) is 4.47. The van der Waals surface area contributed by atoms with Crippen LogP contribution in [0, 0.1) is 0 Å². The summed E-state index contributed by atoms with van der Waals surface area (Å²) in [6.45, 7) is 6.79. The fraction of sp³-hybridized carbons (Fsp3) is 0.562. The standard InChI is InChI=1S/C16H23BrN4O.ClH/c17-14-3-1-2-4-15(14)19-16(22)12-20-7-9-21(10-8-20)13-5-6-18-11-13;/h1-4,13,18H,5-12H2,(H,19,22);1H. The van der Waals surface area contributed by atoms with Gasteiger partial charge in [0.25, 0.3) is 0 Å². The van der Waals surface area contributed by atoms with Gasteiger partial charge in [0.15, 0.2) is 0 Å². The number of benzene rings is 1. The minimum atomic E-state index is 0. The fourth-order valence-corrected chi connectivity index (χ4v) is 3.58. The lowest BCUT2D eigenvalue weighted by Crippen LogP contribution is -2.52. The van der Waals surface area contributed by atoms with Crippen molar-refractivity contribution in [3.63, 3.8) is 0 Å². The van der Waals surface area contributed by atoms with Crippen LogP contribution in [0.2, 0.25) is 0 Å². The predicted molar refractivity (Wildman–Crippen MR) is 99.3 cm³/mol. The maximum absolute atomic E-state index is 12.2. The number of carbonyl (C=O) groups excluding carboxylic acids is 1. The Morgan fingerprint density at radius 1 is 1.26 bits per heavy atom. The number of nitrogens with zero attached hydrogens (tertiary/aromatic N) is 2. The molecular weight excluding hydrogens is 380 g/mol. The van der Waals surface area contributed by atoms with Crippen LogP contribution < -0.4 is 10.6 Å². The molecule has 1 atom stereocenters. The van der Waals surface area contributed by atoms with Crippen LogP contribution in [0.25, 0.3) is 0 Å². The zero-order valence-electron chi connectivity index (χ0n) is 13.1. The van der Waals surface area contributed by atoms with Crippen LogP contribution in [0.3, 0.4) is 0 Å². The van der Waals surface area contributed by atoms with Crippen LogP contribution in [0.15, 0.2) is 28.7 Å². The molecule has 5 nitrogen and oxygen atoms in total. The predicted octanol–water partition coefficient (Wildman–Crippen LogP) is 1.79. The van der Waals surface area contributed by atoms with E-state index in [0.29, 0.717) is 12.6 Å². The van der Waals surface area contributed by atoms with E-state index >= 15 is 0 Å². The van der Waals surface area contributed by atoms with Crippen LogP contribution >= 0.6 is 28.3 Å². The highest BCUT2D eigenvalue weighted by atomic mass is 79.9. The highest BCUT2D eigenvalue weighted by molar-refractivity contribution is 9.10. The van der Waals surface area contributed by atoms with Crippen molar-refractivity contribution in [1.82, 2.24) is 15.1 Å². The number of anilines is 1. The van der Waals surface area contributed by atoms with Gasteiger partial charge in [0.1, 0.15) is 0 Å². The van der Waals surface area contributed by atoms with Crippen LogP contribution in [0.4, 0.5) is 5.69 Å². The van der Waals surface area contributed by atoms with Gasteiger partial charge >= 0.3 is 0 Å². The summed E-state index contributed by atoms with van der Waals surface area (Å²) in [6, 6.07) is 8.40. The molecule has 23 heavy (non-hydrogen) atoms. The largest absolute Gasteiger partial charge is 0.324 e. The number of rotatable bonds is 4. The van der Waals surface area contributed by atoms with E-state index in [1.807, 2.05) is 24.3 Å². The van der Waals surface area contributed by atoms with Crippen LogP contribution in [0.1, 0.15) is 6.42 Å². The quantitative estimate of drug-likeness (QED) is 0.805. The summed E-state index contributed by atoms with van der Waals surface area (Å²) in [4.78, 5) is 17.0. The van der Waals surface area contributed by atoms with Crippen LogP contribution in [-0.2, 0) is 4.79 Å². The van der Waals surface area contributed by atoms with Crippen molar-refractivity contribution < 1.29 is 4.79 Å². The summed E-state index contributed by atoms with van der Waals surface area (Å²) in [5.74, 6) is 0.0582. The molecule has 0 bridgehead atoms. The molecule has 1 aromatic rings. The summed E-state index contributed by atoms with van der Waals surface area (Å²) < 4.78 is 0.918. The molecule has 0 radical (unpaired) electrons. The first-order valence-corrected chi connectivity index (χ1v) is 8.73. The van der Waals surface area contributed by atoms with Gasteiger partial charge in [-0.25, -0.2) is 0 Å². The average molecular weight is 404 g/mol. The third kappa shape index (κ3) is 5.16. The van der Waals surface area contributed by atoms with Crippen LogP contribution in [-0.4, -0.2) is 67.6 Å². The molecule has 1 unspecified atom stereocenters. The zero-order valence-corrected chi connectivity index (χ0v) is 15.5. The SMILES string of the molecule is Cl.O=C(CN1CCN(C2CCNC2)CC1)Nc1ccccc1Br. The fourth-order valence-electron chi connectivity index (χ4n) is 3.19. The van der Waals surface area contributed by atoms with E-state index in [2.05, 4.69) is 36.4 Å². The number of para-hydroxylation sites is 1. The number of halogens is 2. The van der Waals surface area contributed by atoms with Gasteiger partial charge in [0.2, 0.25) is 5.91 Å². The highest BCUT2D eigenvalue weighted by Crippen LogP contribution is 2.21. The smallest absolute Gasteiger partial charge is 0.238 e. The van der Waals surface area contributed by atoms with Crippen molar-refractivity contribution in [2.75, 3.05) is 51.1 Å². The second-order valence-corrected chi connectivity index (χ2v) is 6.84. The molecule has 2 heterocycles. The van der Waals surface area contributed by atoms with E-state index < -0.39 is 0 Å². The van der Waals surface area contributed by atoms with Crippen LogP contribution in [0.5, 0.6) is 0 Å². The number of hydrogen-bond acceptors (Lipinski definition) is 4. The minimum absolute atomic E-state index is 0. The second kappa shape index (κ2) is 8.99. The van der Waals surface area contributed by atoms with Gasteiger partial charge in [-0.2, -0.15) is 0 Å². The third-order valence-corrected chi connectivity index (χ3v) is 5.16. The first-order valence-electron chi connectivity index (χ1n) is 7.94. The number of nitrogens with one attached hydrogen (secondary N) is 2. The molecule has 1 aromatic carbocycles. The molecule has 2 aliphatic heterocycles. The first-order chi connectivity index (χ1) is 10.7. The molecule has 128 valence electrons. The molecule has 0 spiro atoms. The lowest BCUT2D eigenvalue weighted by Gasteiger charge is -2.37. The van der Waals surface area contributed by atoms with Gasteiger partial charge in [-0.05, 0) is 41.0 Å². The van der Waals surface area contributed by atoms with Gasteiger partial charge in [-0.3, -0.25) is 14.6 Å². The Bertz CT molecular complexity index is 517. The lowest BCUT2D eigenvalue weighted by atomic mass is 10.2. The van der Waals surface area contributed by atoms with E-state index in [1.54, 1.807) is 0 Å². The average Bonchev–Trinajstić information content (AvgIpc) is 3.05. The molecule has 7 heteroatoms. The van der Waals surface area contributed by atoms with Crippen molar-refractivity contribution in [3.05, 3.63) is 28.7 Å². The molecule has 0 aromatic heterocycles. The van der Waals surface area contributed by atoms with E-state index in [1.165, 1.54) is 6.42 Å². The molecular formula is C16H24BrClN4O. The van der Waals surface area contributed by atoms with Gasteiger partial charge in [0, 0.05) is 43.2 Å². The Balaban J connectivity index is 0.00000192. The Hall–Kier alpha value is -0.660. The molecule has 2 aliphatic rings. The number of piperazine rings is 1. The second-order valence-electron chi connectivity index (χ2n) is 5.99. The summed E-state index contributed by atoms with van der Waals surface area (Å²) in [5.41, 5.74) is 0.836. The van der Waals surface area contributed by atoms with Gasteiger partial charge in [0.05, 0.1) is 12.2 Å². The van der Waals surface area contributed by atoms with Gasteiger partial charge in [-0.1, -0.05) is 12.1 Å². The molecule has 0 aliphatic carbocycles. The van der Waals surface area contributed by atoms with Crippen molar-refractivity contribution in [2.24, 2.45) is 0 Å². The Morgan fingerprint density at radius 3 is 2.65 bits per heavy atom. The van der Waals surface area contributed by atoms with Crippen molar-refractivity contribution in [2.45, 2.75) is 12.5 Å². The highest BCUT2D eigenvalue weighted by Gasteiger charge is 2.26. The Kier molecular flexibility index (Phi) is 7.30. The van der Waals surface area contributed by atoms with E-state index in [-0.39, 0.29) is 18.3 Å². The topological polar surface area (TPSA) is 47.6 Å². The van der Waals surface area contributed by atoms with E-state index in [4.69, 9.17) is 0 Å². The maximum atomic E-state index is 12.2. The van der Waals surface area contributed by atoms with Gasteiger partial charge < -0.3 is 10.6 Å². The summed E-state index contributed by atoms with van der Waals surface area (Å²) >= 11 is 3.45. The van der Waals surface area contributed by atoms with E-state index in [0.717, 1.165) is 49.4 Å². The minimum Gasteiger partial charge on any atom is -0.324 e. The van der Waals surface area contributed by atoms with Crippen molar-refractivity contribution >= 4 is 39.9 Å². The van der Waals surface area contributed by atoms with E-state index in [9.17, 15) is 4.79 Å². The molecule has 2 N–H and O–H groups in total. The molecule has 1 amide bonds.